The van der Waals surface area contributed by atoms with Crippen LogP contribution in [0.5, 0.6) is 0 Å². The number of nitrogens with one attached hydrogen (secondary N) is 1. The lowest BCUT2D eigenvalue weighted by Crippen LogP contribution is -2.24. The summed E-state index contributed by atoms with van der Waals surface area (Å²) in [5.41, 5.74) is 3.89. The highest BCUT2D eigenvalue weighted by Gasteiger charge is 2.10. The van der Waals surface area contributed by atoms with Crippen molar-refractivity contribution in [3.8, 4) is 0 Å². The van der Waals surface area contributed by atoms with Gasteiger partial charge < -0.3 is 10.1 Å². The summed E-state index contributed by atoms with van der Waals surface area (Å²) in [5.74, 6) is -0.122. The van der Waals surface area contributed by atoms with Crippen LogP contribution in [0.3, 0.4) is 0 Å². The van der Waals surface area contributed by atoms with Crippen molar-refractivity contribution < 1.29 is 14.3 Å². The van der Waals surface area contributed by atoms with Crippen LogP contribution >= 0.6 is 0 Å². The van der Waals surface area contributed by atoms with E-state index in [-0.39, 0.29) is 24.5 Å². The van der Waals surface area contributed by atoms with Crippen molar-refractivity contribution in [2.75, 3.05) is 6.61 Å². The van der Waals surface area contributed by atoms with E-state index in [1.807, 2.05) is 55.5 Å². The van der Waals surface area contributed by atoms with Crippen LogP contribution in [0.1, 0.15) is 53.2 Å². The van der Waals surface area contributed by atoms with E-state index in [1.54, 1.807) is 0 Å². The van der Waals surface area contributed by atoms with Crippen molar-refractivity contribution in [1.82, 2.24) is 5.32 Å². The predicted octanol–water partition coefficient (Wildman–Crippen LogP) is 4.20. The van der Waals surface area contributed by atoms with E-state index in [4.69, 9.17) is 4.74 Å². The van der Waals surface area contributed by atoms with Crippen LogP contribution in [0.4, 0.5) is 0 Å². The van der Waals surface area contributed by atoms with Crippen LogP contribution in [0.15, 0.2) is 48.5 Å². The average molecular weight is 353 g/mol. The molecule has 0 saturated carbocycles. The average Bonchev–Trinajstić information content (AvgIpc) is 2.66. The van der Waals surface area contributed by atoms with E-state index in [0.717, 1.165) is 29.7 Å². The van der Waals surface area contributed by atoms with E-state index in [2.05, 4.69) is 12.2 Å². The summed E-state index contributed by atoms with van der Waals surface area (Å²) >= 11 is 0. The highest BCUT2D eigenvalue weighted by molar-refractivity contribution is 5.97. The molecule has 26 heavy (non-hydrogen) atoms. The lowest BCUT2D eigenvalue weighted by atomic mass is 10.0. The third kappa shape index (κ3) is 6.45. The number of hydrogen-bond donors (Lipinski definition) is 1. The minimum atomic E-state index is -0.116. The Morgan fingerprint density at radius 2 is 1.65 bits per heavy atom. The Morgan fingerprint density at radius 3 is 2.35 bits per heavy atom. The Morgan fingerprint density at radius 1 is 0.962 bits per heavy atom. The third-order valence-electron chi connectivity index (χ3n) is 4.15. The quantitative estimate of drug-likeness (QED) is 0.514. The van der Waals surface area contributed by atoms with Gasteiger partial charge in [-0.2, -0.15) is 0 Å². The molecule has 2 aromatic rings. The normalized spacial score (nSPS) is 10.5. The van der Waals surface area contributed by atoms with E-state index in [9.17, 15) is 9.59 Å². The van der Waals surface area contributed by atoms with Gasteiger partial charge in [-0.15, -0.1) is 0 Å². The molecule has 0 aliphatic carbocycles. The minimum absolute atomic E-state index is 0.00600. The molecule has 1 amide bonds. The van der Waals surface area contributed by atoms with Crippen LogP contribution < -0.4 is 5.32 Å². The van der Waals surface area contributed by atoms with Crippen LogP contribution in [0.25, 0.3) is 0 Å². The first-order valence-corrected chi connectivity index (χ1v) is 9.11. The maximum Gasteiger partial charge on any atom is 0.220 e. The number of Topliss-reactive ketones (excluding diaryl/α,β-unsaturated/α-hetero) is 1. The highest BCUT2D eigenvalue weighted by Crippen LogP contribution is 2.11. The molecule has 0 heterocycles. The van der Waals surface area contributed by atoms with Crippen LogP contribution in [0, 0.1) is 6.92 Å². The smallest absolute Gasteiger partial charge is 0.220 e. The molecule has 138 valence electrons. The molecule has 0 aromatic heterocycles. The molecule has 0 atom stereocenters. The maximum absolute atomic E-state index is 12.1. The molecule has 0 aliphatic heterocycles. The molecular formula is C22H27NO3. The summed E-state index contributed by atoms with van der Waals surface area (Å²) < 4.78 is 5.60. The molecule has 0 aliphatic rings. The molecule has 0 saturated heterocycles. The van der Waals surface area contributed by atoms with Gasteiger partial charge in [0.25, 0.3) is 0 Å². The number of carbonyl (C=O) groups is 2. The Hall–Kier alpha value is -2.46. The second kappa shape index (κ2) is 10.5. The highest BCUT2D eigenvalue weighted by atomic mass is 16.5. The lowest BCUT2D eigenvalue weighted by molar-refractivity contribution is -0.121. The molecule has 0 unspecified atom stereocenters. The molecule has 0 spiro atoms. The number of ether oxygens (including phenoxy) is 1. The zero-order valence-electron chi connectivity index (χ0n) is 15.6. The lowest BCUT2D eigenvalue weighted by Gasteiger charge is -2.11. The number of aryl methyl sites for hydroxylation is 1. The first-order chi connectivity index (χ1) is 12.6. The van der Waals surface area contributed by atoms with Crippen LogP contribution in [-0.4, -0.2) is 18.3 Å². The first kappa shape index (κ1) is 19.9. The van der Waals surface area contributed by atoms with Gasteiger partial charge in [0.1, 0.15) is 0 Å². The van der Waals surface area contributed by atoms with Crippen molar-refractivity contribution in [3.63, 3.8) is 0 Å². The molecular weight excluding hydrogens is 326 g/mol. The first-order valence-electron chi connectivity index (χ1n) is 9.11. The summed E-state index contributed by atoms with van der Waals surface area (Å²) in [4.78, 5) is 24.2. The van der Waals surface area contributed by atoms with E-state index >= 15 is 0 Å². The standard InChI is InChI=1S/C22H27NO3/c1-3-14-26-16-20-7-5-4-6-19(20)15-23-22(25)13-12-21(24)18-10-8-17(2)9-11-18/h4-11H,3,12-16H2,1-2H3,(H,23,25). The van der Waals surface area contributed by atoms with E-state index < -0.39 is 0 Å². The topological polar surface area (TPSA) is 55.4 Å². The van der Waals surface area contributed by atoms with Gasteiger partial charge in [-0.25, -0.2) is 0 Å². The molecule has 1 N–H and O–H groups in total. The van der Waals surface area contributed by atoms with Gasteiger partial charge in [-0.1, -0.05) is 61.0 Å². The van der Waals surface area contributed by atoms with Crippen molar-refractivity contribution in [2.45, 2.75) is 46.3 Å². The van der Waals surface area contributed by atoms with Crippen LogP contribution in [0.2, 0.25) is 0 Å². The third-order valence-corrected chi connectivity index (χ3v) is 4.15. The molecule has 0 bridgehead atoms. The largest absolute Gasteiger partial charge is 0.377 e. The fourth-order valence-electron chi connectivity index (χ4n) is 2.59. The Labute approximate surface area is 155 Å². The summed E-state index contributed by atoms with van der Waals surface area (Å²) in [7, 11) is 0. The maximum atomic E-state index is 12.1. The fraction of sp³-hybridized carbons (Fsp3) is 0.364. The van der Waals surface area contributed by atoms with Gasteiger partial charge in [-0.3, -0.25) is 9.59 Å². The number of amides is 1. The molecule has 4 nitrogen and oxygen atoms in total. The predicted molar refractivity (Wildman–Crippen MR) is 103 cm³/mol. The summed E-state index contributed by atoms with van der Waals surface area (Å²) in [6, 6.07) is 15.3. The van der Waals surface area contributed by atoms with Crippen molar-refractivity contribution >= 4 is 11.7 Å². The SMILES string of the molecule is CCCOCc1ccccc1CNC(=O)CCC(=O)c1ccc(C)cc1. The summed E-state index contributed by atoms with van der Waals surface area (Å²) in [6.07, 6.45) is 1.39. The number of hydrogen-bond acceptors (Lipinski definition) is 3. The molecule has 2 aromatic carbocycles. The van der Waals surface area contributed by atoms with Gasteiger partial charge in [0.05, 0.1) is 6.61 Å². The van der Waals surface area contributed by atoms with Gasteiger partial charge in [0.15, 0.2) is 5.78 Å². The minimum Gasteiger partial charge on any atom is -0.377 e. The number of ketones is 1. The van der Waals surface area contributed by atoms with Crippen LogP contribution in [-0.2, 0) is 22.7 Å². The van der Waals surface area contributed by atoms with Gasteiger partial charge in [-0.05, 0) is 24.5 Å². The van der Waals surface area contributed by atoms with Gasteiger partial charge in [0.2, 0.25) is 5.91 Å². The number of benzene rings is 2. The van der Waals surface area contributed by atoms with Crippen molar-refractivity contribution in [3.05, 3.63) is 70.8 Å². The number of rotatable bonds is 10. The van der Waals surface area contributed by atoms with Gasteiger partial charge in [0, 0.05) is 31.6 Å². The summed E-state index contributed by atoms with van der Waals surface area (Å²) in [5, 5.41) is 2.90. The molecule has 4 heteroatoms. The van der Waals surface area contributed by atoms with Crippen molar-refractivity contribution in [1.29, 1.82) is 0 Å². The second-order valence-electron chi connectivity index (χ2n) is 6.39. The van der Waals surface area contributed by atoms with Gasteiger partial charge >= 0.3 is 0 Å². The Balaban J connectivity index is 1.80. The number of carbonyl (C=O) groups excluding carboxylic acids is 2. The summed E-state index contributed by atoms with van der Waals surface area (Å²) in [6.45, 7) is 5.77. The molecule has 0 radical (unpaired) electrons. The van der Waals surface area contributed by atoms with E-state index in [1.165, 1.54) is 0 Å². The molecule has 0 fully saturated rings. The monoisotopic (exact) mass is 353 g/mol. The zero-order valence-corrected chi connectivity index (χ0v) is 15.6. The second-order valence-corrected chi connectivity index (χ2v) is 6.39. The Kier molecular flexibility index (Phi) is 8.03. The molecule has 2 rings (SSSR count). The Bertz CT molecular complexity index is 722. The zero-order chi connectivity index (χ0) is 18.8. The fourth-order valence-corrected chi connectivity index (χ4v) is 2.59. The van der Waals surface area contributed by atoms with Crippen molar-refractivity contribution in [2.24, 2.45) is 0 Å². The van der Waals surface area contributed by atoms with E-state index in [0.29, 0.717) is 18.7 Å².